The Hall–Kier alpha value is -2.13. The molecule has 0 aliphatic heterocycles. The van der Waals surface area contributed by atoms with Crippen LogP contribution in [0.5, 0.6) is 0 Å². The molecule has 0 unspecified atom stereocenters. The summed E-state index contributed by atoms with van der Waals surface area (Å²) in [6, 6.07) is 3.93. The SMILES string of the molecule is COC(=O)c1cccc(NS(N)(=O)=O)c1C(=O)OC. The molecule has 0 aliphatic rings. The predicted molar refractivity (Wildman–Crippen MR) is 65.9 cm³/mol. The van der Waals surface area contributed by atoms with Gasteiger partial charge in [-0.15, -0.1) is 0 Å². The summed E-state index contributed by atoms with van der Waals surface area (Å²) in [5.74, 6) is -1.70. The third kappa shape index (κ3) is 3.66. The van der Waals surface area contributed by atoms with E-state index in [1.165, 1.54) is 18.2 Å². The monoisotopic (exact) mass is 288 g/mol. The summed E-state index contributed by atoms with van der Waals surface area (Å²) in [5, 5.41) is 4.83. The number of nitrogens with one attached hydrogen (secondary N) is 1. The minimum absolute atomic E-state index is 0.136. The molecule has 3 N–H and O–H groups in total. The van der Waals surface area contributed by atoms with E-state index >= 15 is 0 Å². The molecule has 1 aromatic carbocycles. The second-order valence-electron chi connectivity index (χ2n) is 3.36. The molecule has 0 atom stereocenters. The van der Waals surface area contributed by atoms with Crippen molar-refractivity contribution in [1.82, 2.24) is 0 Å². The van der Waals surface area contributed by atoms with Gasteiger partial charge in [-0.2, -0.15) is 8.42 Å². The topological polar surface area (TPSA) is 125 Å². The average Bonchev–Trinajstić information content (AvgIpc) is 2.34. The summed E-state index contributed by atoms with van der Waals surface area (Å²) in [6.07, 6.45) is 0. The van der Waals surface area contributed by atoms with E-state index in [9.17, 15) is 18.0 Å². The molecule has 0 bridgehead atoms. The quantitative estimate of drug-likeness (QED) is 0.744. The Balaban J connectivity index is 3.47. The number of hydrogen-bond donors (Lipinski definition) is 2. The van der Waals surface area contributed by atoms with E-state index in [2.05, 4.69) is 9.47 Å². The van der Waals surface area contributed by atoms with Crippen LogP contribution in [0.25, 0.3) is 0 Å². The molecule has 0 aliphatic carbocycles. The molecule has 1 rings (SSSR count). The average molecular weight is 288 g/mol. The van der Waals surface area contributed by atoms with Crippen molar-refractivity contribution < 1.29 is 27.5 Å². The van der Waals surface area contributed by atoms with Gasteiger partial charge < -0.3 is 9.47 Å². The molecule has 9 heteroatoms. The first-order valence-corrected chi connectivity index (χ1v) is 6.45. The van der Waals surface area contributed by atoms with Crippen LogP contribution in [-0.4, -0.2) is 34.6 Å². The maximum atomic E-state index is 11.7. The van der Waals surface area contributed by atoms with Crippen molar-refractivity contribution >= 4 is 27.8 Å². The molecule has 19 heavy (non-hydrogen) atoms. The Kier molecular flexibility index (Phi) is 4.46. The fraction of sp³-hybridized carbons (Fsp3) is 0.200. The fourth-order valence-corrected chi connectivity index (χ4v) is 1.87. The number of benzene rings is 1. The summed E-state index contributed by atoms with van der Waals surface area (Å²) >= 11 is 0. The van der Waals surface area contributed by atoms with Crippen LogP contribution < -0.4 is 9.86 Å². The van der Waals surface area contributed by atoms with E-state index in [1.54, 1.807) is 0 Å². The smallest absolute Gasteiger partial charge is 0.340 e. The third-order valence-corrected chi connectivity index (χ3v) is 2.62. The van der Waals surface area contributed by atoms with Gasteiger partial charge in [0.1, 0.15) is 0 Å². The summed E-state index contributed by atoms with van der Waals surface area (Å²) in [6.45, 7) is 0. The maximum Gasteiger partial charge on any atom is 0.340 e. The van der Waals surface area contributed by atoms with Crippen molar-refractivity contribution in [2.45, 2.75) is 0 Å². The van der Waals surface area contributed by atoms with Crippen molar-refractivity contribution in [3.05, 3.63) is 29.3 Å². The van der Waals surface area contributed by atoms with Crippen LogP contribution >= 0.6 is 0 Å². The van der Waals surface area contributed by atoms with Gasteiger partial charge in [0.2, 0.25) is 0 Å². The molecule has 1 aromatic rings. The molecule has 0 spiro atoms. The summed E-state index contributed by atoms with van der Waals surface area (Å²) in [5.41, 5.74) is -0.578. The molecule has 0 radical (unpaired) electrons. The lowest BCUT2D eigenvalue weighted by atomic mass is 10.1. The normalized spacial score (nSPS) is 10.7. The van der Waals surface area contributed by atoms with Crippen LogP contribution in [0.2, 0.25) is 0 Å². The Morgan fingerprint density at radius 2 is 1.74 bits per heavy atom. The number of esters is 2. The summed E-state index contributed by atoms with van der Waals surface area (Å²) in [7, 11) is -1.88. The molecule has 0 saturated heterocycles. The lowest BCUT2D eigenvalue weighted by Gasteiger charge is -2.12. The van der Waals surface area contributed by atoms with Gasteiger partial charge in [0, 0.05) is 0 Å². The number of rotatable bonds is 4. The molecule has 0 aromatic heterocycles. The van der Waals surface area contributed by atoms with Gasteiger partial charge in [-0.3, -0.25) is 4.72 Å². The van der Waals surface area contributed by atoms with E-state index in [4.69, 9.17) is 5.14 Å². The van der Waals surface area contributed by atoms with Gasteiger partial charge in [0.05, 0.1) is 31.0 Å². The predicted octanol–water partition coefficient (Wildman–Crippen LogP) is -0.125. The van der Waals surface area contributed by atoms with Gasteiger partial charge in [0.25, 0.3) is 10.2 Å². The number of nitrogens with two attached hydrogens (primary N) is 1. The van der Waals surface area contributed by atoms with Crippen LogP contribution in [0.15, 0.2) is 18.2 Å². The van der Waals surface area contributed by atoms with Crippen LogP contribution in [0.4, 0.5) is 5.69 Å². The van der Waals surface area contributed by atoms with Crippen LogP contribution in [0, 0.1) is 0 Å². The van der Waals surface area contributed by atoms with Crippen molar-refractivity contribution in [3.8, 4) is 0 Å². The van der Waals surface area contributed by atoms with Crippen molar-refractivity contribution in [1.29, 1.82) is 0 Å². The van der Waals surface area contributed by atoms with E-state index < -0.39 is 22.1 Å². The molecule has 0 saturated carbocycles. The first-order valence-electron chi connectivity index (χ1n) is 4.90. The molecular weight excluding hydrogens is 276 g/mol. The highest BCUT2D eigenvalue weighted by Crippen LogP contribution is 2.22. The highest BCUT2D eigenvalue weighted by Gasteiger charge is 2.23. The Bertz CT molecular complexity index is 610. The van der Waals surface area contributed by atoms with Crippen LogP contribution in [0.3, 0.4) is 0 Å². The highest BCUT2D eigenvalue weighted by molar-refractivity contribution is 7.90. The number of hydrogen-bond acceptors (Lipinski definition) is 6. The Morgan fingerprint density at radius 1 is 1.16 bits per heavy atom. The second kappa shape index (κ2) is 5.67. The number of carbonyl (C=O) groups is 2. The van der Waals surface area contributed by atoms with Crippen LogP contribution in [-0.2, 0) is 19.7 Å². The fourth-order valence-electron chi connectivity index (χ4n) is 1.39. The first kappa shape index (κ1) is 14.9. The zero-order valence-corrected chi connectivity index (χ0v) is 11.0. The number of carbonyl (C=O) groups excluding carboxylic acids is 2. The minimum atomic E-state index is -4.10. The molecule has 0 heterocycles. The highest BCUT2D eigenvalue weighted by atomic mass is 32.2. The minimum Gasteiger partial charge on any atom is -0.465 e. The van der Waals surface area contributed by atoms with Crippen LogP contribution in [0.1, 0.15) is 20.7 Å². The van der Waals surface area contributed by atoms with Crippen molar-refractivity contribution in [2.24, 2.45) is 5.14 Å². The van der Waals surface area contributed by atoms with Gasteiger partial charge in [-0.05, 0) is 12.1 Å². The zero-order chi connectivity index (χ0) is 14.6. The number of ether oxygens (including phenoxy) is 2. The Morgan fingerprint density at radius 3 is 2.21 bits per heavy atom. The van der Waals surface area contributed by atoms with Crippen molar-refractivity contribution in [3.63, 3.8) is 0 Å². The summed E-state index contributed by atoms with van der Waals surface area (Å²) < 4.78 is 33.0. The molecule has 104 valence electrons. The second-order valence-corrected chi connectivity index (χ2v) is 4.65. The molecule has 8 nitrogen and oxygen atoms in total. The largest absolute Gasteiger partial charge is 0.465 e. The zero-order valence-electron chi connectivity index (χ0n) is 10.2. The maximum absolute atomic E-state index is 11.7. The molecule has 0 amide bonds. The third-order valence-electron chi connectivity index (χ3n) is 2.11. The number of methoxy groups -OCH3 is 2. The standard InChI is InChI=1S/C10H12N2O6S/c1-17-9(13)6-4-3-5-7(12-19(11,15)16)8(6)10(14)18-2/h3-5,12H,1-2H3,(H2,11,15,16). The van der Waals surface area contributed by atoms with Crippen molar-refractivity contribution in [2.75, 3.05) is 18.9 Å². The summed E-state index contributed by atoms with van der Waals surface area (Å²) in [4.78, 5) is 23.2. The van der Waals surface area contributed by atoms with E-state index in [0.717, 1.165) is 14.2 Å². The van der Waals surface area contributed by atoms with Gasteiger partial charge in [-0.1, -0.05) is 6.07 Å². The van der Waals surface area contributed by atoms with Gasteiger partial charge in [-0.25, -0.2) is 14.7 Å². The molecular formula is C10H12N2O6S. The lowest BCUT2D eigenvalue weighted by Crippen LogP contribution is -2.24. The Labute approximate surface area is 109 Å². The van der Waals surface area contributed by atoms with Gasteiger partial charge >= 0.3 is 11.9 Å². The van der Waals surface area contributed by atoms with E-state index in [1.807, 2.05) is 4.72 Å². The van der Waals surface area contributed by atoms with E-state index in [0.29, 0.717) is 0 Å². The number of anilines is 1. The van der Waals surface area contributed by atoms with Gasteiger partial charge in [0.15, 0.2) is 0 Å². The molecule has 0 fully saturated rings. The van der Waals surface area contributed by atoms with E-state index in [-0.39, 0.29) is 16.8 Å². The lowest BCUT2D eigenvalue weighted by molar-refractivity contribution is 0.0556. The first-order chi connectivity index (χ1) is 8.80.